The van der Waals surface area contributed by atoms with E-state index in [1.165, 1.54) is 18.4 Å². The molecule has 0 radical (unpaired) electrons. The zero-order valence-electron chi connectivity index (χ0n) is 10.5. The number of hydrogen-bond donors (Lipinski definition) is 0. The fraction of sp³-hybridized carbons (Fsp3) is 0.500. The van der Waals surface area contributed by atoms with Gasteiger partial charge in [-0.3, -0.25) is 4.79 Å². The average Bonchev–Trinajstić information content (AvgIpc) is 2.37. The maximum absolute atomic E-state index is 11.2. The van der Waals surface area contributed by atoms with E-state index in [-0.39, 0.29) is 5.97 Å². The van der Waals surface area contributed by atoms with E-state index in [0.717, 1.165) is 19.4 Å². The quantitative estimate of drug-likeness (QED) is 0.751. The molecule has 1 atom stereocenters. The molecule has 1 unspecified atom stereocenters. The van der Waals surface area contributed by atoms with Gasteiger partial charge in [-0.05, 0) is 31.4 Å². The normalized spacial score (nSPS) is 18.7. The molecular formula is C14H19NO2. The first-order valence-corrected chi connectivity index (χ1v) is 6.13. The molecule has 2 rings (SSSR count). The van der Waals surface area contributed by atoms with Gasteiger partial charge in [-0.1, -0.05) is 18.2 Å². The van der Waals surface area contributed by atoms with Gasteiger partial charge in [-0.2, -0.15) is 0 Å². The molecule has 1 aliphatic heterocycles. The SMILES string of the molecule is COC(=O)CCN1c2ccccc2CCC1C. The smallest absolute Gasteiger partial charge is 0.307 e. The molecule has 0 saturated heterocycles. The van der Waals surface area contributed by atoms with E-state index in [0.29, 0.717) is 12.5 Å². The summed E-state index contributed by atoms with van der Waals surface area (Å²) in [5.41, 5.74) is 2.66. The zero-order chi connectivity index (χ0) is 12.3. The van der Waals surface area contributed by atoms with Crippen LogP contribution in [0.2, 0.25) is 0 Å². The highest BCUT2D eigenvalue weighted by Crippen LogP contribution is 2.30. The molecule has 0 aromatic heterocycles. The summed E-state index contributed by atoms with van der Waals surface area (Å²) in [7, 11) is 1.44. The van der Waals surface area contributed by atoms with Crippen molar-refractivity contribution in [1.29, 1.82) is 0 Å². The number of rotatable bonds is 3. The summed E-state index contributed by atoms with van der Waals surface area (Å²) < 4.78 is 4.70. The summed E-state index contributed by atoms with van der Waals surface area (Å²) in [5, 5.41) is 0. The molecule has 92 valence electrons. The van der Waals surface area contributed by atoms with Crippen LogP contribution >= 0.6 is 0 Å². The average molecular weight is 233 g/mol. The first kappa shape index (κ1) is 12.0. The van der Waals surface area contributed by atoms with Crippen LogP contribution in [0.5, 0.6) is 0 Å². The van der Waals surface area contributed by atoms with Crippen LogP contribution in [0, 0.1) is 0 Å². The molecule has 0 bridgehead atoms. The van der Waals surface area contributed by atoms with Crippen LogP contribution in [0.1, 0.15) is 25.3 Å². The van der Waals surface area contributed by atoms with Crippen molar-refractivity contribution < 1.29 is 9.53 Å². The van der Waals surface area contributed by atoms with E-state index < -0.39 is 0 Å². The molecule has 3 heteroatoms. The highest BCUT2D eigenvalue weighted by molar-refractivity contribution is 5.70. The third-order valence-electron chi connectivity index (χ3n) is 3.45. The summed E-state index contributed by atoms with van der Waals surface area (Å²) in [4.78, 5) is 13.5. The van der Waals surface area contributed by atoms with Crippen molar-refractivity contribution in [3.8, 4) is 0 Å². The van der Waals surface area contributed by atoms with Crippen LogP contribution in [0.3, 0.4) is 0 Å². The van der Waals surface area contributed by atoms with Gasteiger partial charge >= 0.3 is 5.97 Å². The number of hydrogen-bond acceptors (Lipinski definition) is 3. The Balaban J connectivity index is 2.12. The highest BCUT2D eigenvalue weighted by atomic mass is 16.5. The van der Waals surface area contributed by atoms with Crippen LogP contribution in [0.4, 0.5) is 5.69 Å². The molecular weight excluding hydrogens is 214 g/mol. The minimum atomic E-state index is -0.139. The van der Waals surface area contributed by atoms with Crippen molar-refractivity contribution in [1.82, 2.24) is 0 Å². The Bertz CT molecular complexity index is 403. The molecule has 1 heterocycles. The number of methoxy groups -OCH3 is 1. The maximum atomic E-state index is 11.2. The Morgan fingerprint density at radius 1 is 1.47 bits per heavy atom. The molecule has 1 aliphatic rings. The Hall–Kier alpha value is -1.51. The van der Waals surface area contributed by atoms with Gasteiger partial charge in [0.1, 0.15) is 0 Å². The highest BCUT2D eigenvalue weighted by Gasteiger charge is 2.22. The number of aryl methyl sites for hydroxylation is 1. The van der Waals surface area contributed by atoms with Crippen molar-refractivity contribution in [2.24, 2.45) is 0 Å². The van der Waals surface area contributed by atoms with Gasteiger partial charge in [0.15, 0.2) is 0 Å². The lowest BCUT2D eigenvalue weighted by Gasteiger charge is -2.36. The van der Waals surface area contributed by atoms with Crippen molar-refractivity contribution >= 4 is 11.7 Å². The second-order valence-corrected chi connectivity index (χ2v) is 4.54. The number of ether oxygens (including phenoxy) is 1. The van der Waals surface area contributed by atoms with E-state index in [9.17, 15) is 4.79 Å². The van der Waals surface area contributed by atoms with E-state index in [1.54, 1.807) is 0 Å². The van der Waals surface area contributed by atoms with Crippen LogP contribution in [-0.2, 0) is 16.0 Å². The molecule has 0 saturated carbocycles. The first-order chi connectivity index (χ1) is 8.22. The van der Waals surface area contributed by atoms with Crippen LogP contribution in [-0.4, -0.2) is 25.7 Å². The number of carbonyl (C=O) groups is 1. The Morgan fingerprint density at radius 3 is 3.00 bits per heavy atom. The third-order valence-corrected chi connectivity index (χ3v) is 3.45. The largest absolute Gasteiger partial charge is 0.469 e. The van der Waals surface area contributed by atoms with Crippen molar-refractivity contribution in [2.75, 3.05) is 18.6 Å². The van der Waals surface area contributed by atoms with Gasteiger partial charge in [-0.25, -0.2) is 0 Å². The summed E-state index contributed by atoms with van der Waals surface area (Å²) >= 11 is 0. The molecule has 3 nitrogen and oxygen atoms in total. The second-order valence-electron chi connectivity index (χ2n) is 4.54. The molecule has 0 fully saturated rings. The molecule has 0 aliphatic carbocycles. The van der Waals surface area contributed by atoms with E-state index in [2.05, 4.69) is 36.1 Å². The zero-order valence-corrected chi connectivity index (χ0v) is 10.5. The molecule has 17 heavy (non-hydrogen) atoms. The molecule has 1 aromatic carbocycles. The fourth-order valence-electron chi connectivity index (χ4n) is 2.41. The standard InChI is InChI=1S/C14H19NO2/c1-11-7-8-12-5-3-4-6-13(12)15(11)10-9-14(16)17-2/h3-6,11H,7-10H2,1-2H3. The predicted octanol–water partition coefficient (Wildman–Crippen LogP) is 2.39. The van der Waals surface area contributed by atoms with Gasteiger partial charge in [0.25, 0.3) is 0 Å². The van der Waals surface area contributed by atoms with E-state index in [4.69, 9.17) is 4.74 Å². The van der Waals surface area contributed by atoms with Crippen LogP contribution in [0.25, 0.3) is 0 Å². The fourth-order valence-corrected chi connectivity index (χ4v) is 2.41. The number of anilines is 1. The van der Waals surface area contributed by atoms with Gasteiger partial charge < -0.3 is 9.64 Å². The summed E-state index contributed by atoms with van der Waals surface area (Å²) in [5.74, 6) is -0.139. The van der Waals surface area contributed by atoms with Crippen molar-refractivity contribution in [2.45, 2.75) is 32.2 Å². The Morgan fingerprint density at radius 2 is 2.24 bits per heavy atom. The minimum absolute atomic E-state index is 0.139. The maximum Gasteiger partial charge on any atom is 0.307 e. The van der Waals surface area contributed by atoms with E-state index >= 15 is 0 Å². The van der Waals surface area contributed by atoms with Crippen molar-refractivity contribution in [3.05, 3.63) is 29.8 Å². The monoisotopic (exact) mass is 233 g/mol. The molecule has 0 amide bonds. The Kier molecular flexibility index (Phi) is 3.67. The molecule has 1 aromatic rings. The van der Waals surface area contributed by atoms with Gasteiger partial charge in [0.2, 0.25) is 0 Å². The topological polar surface area (TPSA) is 29.5 Å². The minimum Gasteiger partial charge on any atom is -0.469 e. The second kappa shape index (κ2) is 5.21. The van der Waals surface area contributed by atoms with E-state index in [1.807, 2.05) is 0 Å². The number of nitrogens with zero attached hydrogens (tertiary/aromatic N) is 1. The summed E-state index contributed by atoms with van der Waals surface area (Å²) in [6.45, 7) is 2.96. The van der Waals surface area contributed by atoms with Crippen LogP contribution < -0.4 is 4.90 Å². The lowest BCUT2D eigenvalue weighted by Crippen LogP contribution is -2.38. The van der Waals surface area contributed by atoms with Gasteiger partial charge in [-0.15, -0.1) is 0 Å². The predicted molar refractivity (Wildman–Crippen MR) is 68.2 cm³/mol. The summed E-state index contributed by atoms with van der Waals surface area (Å²) in [6, 6.07) is 8.94. The lowest BCUT2D eigenvalue weighted by atomic mass is 9.96. The first-order valence-electron chi connectivity index (χ1n) is 6.13. The molecule has 0 N–H and O–H groups in total. The molecule has 0 spiro atoms. The number of fused-ring (bicyclic) bond motifs is 1. The lowest BCUT2D eigenvalue weighted by molar-refractivity contribution is -0.140. The number of esters is 1. The Labute approximate surface area is 102 Å². The summed E-state index contributed by atoms with van der Waals surface area (Å²) in [6.07, 6.45) is 2.74. The number of carbonyl (C=O) groups excluding carboxylic acids is 1. The van der Waals surface area contributed by atoms with Gasteiger partial charge in [0, 0.05) is 18.3 Å². The number of para-hydroxylation sites is 1. The van der Waals surface area contributed by atoms with Crippen molar-refractivity contribution in [3.63, 3.8) is 0 Å². The van der Waals surface area contributed by atoms with Crippen LogP contribution in [0.15, 0.2) is 24.3 Å². The third kappa shape index (κ3) is 2.60. The van der Waals surface area contributed by atoms with Gasteiger partial charge in [0.05, 0.1) is 13.5 Å². The number of benzene rings is 1.